The first kappa shape index (κ1) is 107. The fraction of sp³-hybridized carbons (Fsp3) is 0.337. The zero-order valence-electron chi connectivity index (χ0n) is 69.1. The second-order valence-corrected chi connectivity index (χ2v) is 35.6. The van der Waals surface area contributed by atoms with E-state index in [0.717, 1.165) is 69.0 Å². The van der Waals surface area contributed by atoms with Crippen LogP contribution in [0.25, 0.3) is 24.3 Å². The molecule has 0 bridgehead atoms. The molecule has 0 aromatic heterocycles. The van der Waals surface area contributed by atoms with Crippen molar-refractivity contribution in [1.82, 2.24) is 0 Å². The number of allylic oxidation sites excluding steroid dienone is 24. The first-order valence-corrected chi connectivity index (χ1v) is 40.8. The van der Waals surface area contributed by atoms with Crippen LogP contribution >= 0.6 is 14.7 Å². The molecule has 0 aliphatic heterocycles. The summed E-state index contributed by atoms with van der Waals surface area (Å²) >= 11 is 0. The minimum Gasteiger partial charge on any atom is -0.329 e. The van der Waals surface area contributed by atoms with Gasteiger partial charge in [-0.2, -0.15) is 21.0 Å². The molecule has 0 heterocycles. The number of hydrogen-bond donors (Lipinski definition) is 0. The summed E-state index contributed by atoms with van der Waals surface area (Å²) < 4.78 is 33.8. The van der Waals surface area contributed by atoms with Crippen LogP contribution in [0, 0.1) is 72.4 Å². The Balaban J connectivity index is -0.000000609. The zero-order chi connectivity index (χ0) is 83.0. The van der Waals surface area contributed by atoms with Gasteiger partial charge >= 0.3 is 0 Å². The summed E-state index contributed by atoms with van der Waals surface area (Å²) in [5.74, 6) is 0. The molecule has 0 radical (unpaired) electrons. The van der Waals surface area contributed by atoms with Gasteiger partial charge in [-0.1, -0.05) is 361 Å². The molecule has 5 aromatic rings. The van der Waals surface area contributed by atoms with Crippen molar-refractivity contribution in [3.63, 3.8) is 0 Å². The minimum atomic E-state index is -2.59. The Morgan fingerprint density at radius 1 is 0.360 bits per heavy atom. The molecule has 13 heteroatoms. The molecule has 2 atom stereocenters. The highest BCUT2D eigenvalue weighted by Gasteiger charge is 2.25. The molecule has 0 aliphatic carbocycles. The topological polar surface area (TPSA) is 199 Å². The summed E-state index contributed by atoms with van der Waals surface area (Å²) in [5, 5.41) is 34.3. The molecule has 0 fully saturated rings. The van der Waals surface area contributed by atoms with Crippen molar-refractivity contribution in [2.45, 2.75) is 153 Å². The molecule has 0 aliphatic rings. The molecule has 0 spiro atoms. The van der Waals surface area contributed by atoms with E-state index in [-0.39, 0.29) is 41.9 Å². The number of aldehydes is 3. The lowest BCUT2D eigenvalue weighted by atomic mass is 9.85. The van der Waals surface area contributed by atoms with Gasteiger partial charge in [0.25, 0.3) is 0 Å². The zero-order valence-corrected chi connectivity index (χ0v) is 70.9. The standard InChI is InChI=1S/C20H23N.C20H24O.C15H17N.C15H18O.C11H20NO2P.C8H14NO2P.C7H6O.2CH4/c2*1-17(15-16-21)9-8-12-19(20(2,3)4)14-13-18-10-6-5-7-11-18;2*1-15(2,3)14(11-12-16)10-9-13-7-5-4-6-8-13;1-6-14-15(5,13)9-10(7-8-12)11(2,3)4;1-4-11-12(3,10)7-8(2)5-6-9;8-6-7-4-2-1-3-5-7;;/h5-15H,1-4H3;5-16H,1-4H3;4-11H,1-3H3;4-12H,1-3H3;7H,6,9H2,1-5H3;5H,4,7H2,1-3H3;1-6H;2*1H4/b2*9-8+,14-13+,17-15+,19-12-;2*10-9+,14-11+;10-7-;8-5+;;;. The molecular weight excluding hydrogens is 1410 g/mol. The average molecular weight is 1540 g/mol. The van der Waals surface area contributed by atoms with Gasteiger partial charge in [0.15, 0.2) is 0 Å². The van der Waals surface area contributed by atoms with Crippen molar-refractivity contribution in [1.29, 1.82) is 21.0 Å². The quantitative estimate of drug-likeness (QED) is 0.0198. The molecule has 0 saturated heterocycles. The van der Waals surface area contributed by atoms with Gasteiger partial charge in [-0.25, -0.2) is 0 Å². The van der Waals surface area contributed by atoms with E-state index >= 15 is 0 Å². The number of benzene rings is 5. The fourth-order valence-corrected chi connectivity index (χ4v) is 12.4. The summed E-state index contributed by atoms with van der Waals surface area (Å²) in [5.41, 5.74) is 13.5. The molecular formula is C98H130N4O7P2. The normalized spacial score (nSPS) is 13.7. The van der Waals surface area contributed by atoms with Crippen molar-refractivity contribution in [3.8, 4) is 24.3 Å². The number of rotatable bonds is 23. The van der Waals surface area contributed by atoms with Crippen molar-refractivity contribution >= 4 is 57.9 Å². The third-order valence-corrected chi connectivity index (χ3v) is 18.7. The van der Waals surface area contributed by atoms with Gasteiger partial charge < -0.3 is 9.05 Å². The van der Waals surface area contributed by atoms with Crippen LogP contribution in [-0.2, 0) is 27.8 Å². The lowest BCUT2D eigenvalue weighted by Crippen LogP contribution is -2.13. The SMILES string of the molecule is C.C.CC(/C=C/C=C(/C=C/c1ccccc1)C(C)(C)C)=C\C#N.CC(/C=C/C=C(/C=C/c1ccccc1)C(C)(C)C)=C\C=O.CC(C)(C)C(/C=C/c1ccccc1)=C/C#N.CC(C)(C)C(/C=C/c1ccccc1)=C/C=O.CCOP(C)(=O)C/C(=C/C#N)C(C)(C)C.CCOP(C)(=O)C/C(C)=C/C#N.O=Cc1ccccc1. The van der Waals surface area contributed by atoms with E-state index in [0.29, 0.717) is 25.5 Å². The van der Waals surface area contributed by atoms with E-state index in [4.69, 9.17) is 30.1 Å². The molecule has 0 amide bonds. The van der Waals surface area contributed by atoms with Crippen LogP contribution in [0.3, 0.4) is 0 Å². The molecule has 594 valence electrons. The molecule has 0 saturated carbocycles. The minimum absolute atomic E-state index is 0. The fourth-order valence-electron chi connectivity index (χ4n) is 8.91. The van der Waals surface area contributed by atoms with Gasteiger partial charge in [-0.15, -0.1) is 0 Å². The molecule has 11 nitrogen and oxygen atoms in total. The lowest BCUT2D eigenvalue weighted by molar-refractivity contribution is -0.104. The monoisotopic (exact) mass is 1540 g/mol. The van der Waals surface area contributed by atoms with Crippen LogP contribution in [0.15, 0.2) is 293 Å². The summed E-state index contributed by atoms with van der Waals surface area (Å²) in [6, 6.07) is 57.8. The van der Waals surface area contributed by atoms with E-state index in [1.165, 1.54) is 34.4 Å². The predicted molar refractivity (Wildman–Crippen MR) is 479 cm³/mol. The van der Waals surface area contributed by atoms with Crippen molar-refractivity contribution in [3.05, 3.63) is 321 Å². The second-order valence-electron chi connectivity index (χ2n) is 30.4. The van der Waals surface area contributed by atoms with Crippen LogP contribution in [0.2, 0.25) is 0 Å². The molecule has 0 N–H and O–H groups in total. The number of hydrogen-bond acceptors (Lipinski definition) is 11. The number of carbonyl (C=O) groups excluding carboxylic acids is 3. The van der Waals surface area contributed by atoms with Crippen LogP contribution < -0.4 is 0 Å². The highest BCUT2D eigenvalue weighted by molar-refractivity contribution is 7.58. The van der Waals surface area contributed by atoms with Gasteiger partial charge in [-0.05, 0) is 135 Å². The Morgan fingerprint density at radius 3 is 0.919 bits per heavy atom. The summed E-state index contributed by atoms with van der Waals surface area (Å²) in [6.45, 7) is 45.1. The third kappa shape index (κ3) is 56.7. The first-order valence-electron chi connectivity index (χ1n) is 36.3. The van der Waals surface area contributed by atoms with E-state index in [1.54, 1.807) is 63.6 Å². The van der Waals surface area contributed by atoms with Crippen LogP contribution in [0.4, 0.5) is 0 Å². The van der Waals surface area contributed by atoms with Crippen molar-refractivity contribution < 1.29 is 32.6 Å². The van der Waals surface area contributed by atoms with Crippen LogP contribution in [-0.4, -0.2) is 57.7 Å². The lowest BCUT2D eigenvalue weighted by Gasteiger charge is -2.24. The summed E-state index contributed by atoms with van der Waals surface area (Å²) in [7, 11) is -5.09. The Kier molecular flexibility index (Phi) is 56.7. The highest BCUT2D eigenvalue weighted by atomic mass is 31.2. The maximum atomic E-state index is 12.0. The second kappa shape index (κ2) is 58.7. The number of nitriles is 4. The Morgan fingerprint density at radius 2 is 0.649 bits per heavy atom. The van der Waals surface area contributed by atoms with Gasteiger partial charge in [0.1, 0.15) is 18.9 Å². The Bertz CT molecular complexity index is 4250. The Labute approximate surface area is 672 Å². The summed E-state index contributed by atoms with van der Waals surface area (Å²) in [6.07, 6.45) is 41.2. The third-order valence-electron chi connectivity index (χ3n) is 15.1. The van der Waals surface area contributed by atoms with Crippen molar-refractivity contribution in [2.75, 3.05) is 38.9 Å². The molecule has 5 rings (SSSR count). The largest absolute Gasteiger partial charge is 0.329 e. The maximum Gasteiger partial charge on any atom is 0.204 e. The molecule has 111 heavy (non-hydrogen) atoms. The van der Waals surface area contributed by atoms with Gasteiger partial charge in [0, 0.05) is 55.5 Å². The number of nitrogens with zero attached hydrogens (tertiary/aromatic N) is 4. The summed E-state index contributed by atoms with van der Waals surface area (Å²) in [4.78, 5) is 31.0. The first-order chi connectivity index (χ1) is 51.1. The maximum absolute atomic E-state index is 12.0. The van der Waals surface area contributed by atoms with Crippen LogP contribution in [0.1, 0.15) is 186 Å². The molecule has 2 unspecified atom stereocenters. The molecule has 5 aromatic carbocycles. The highest BCUT2D eigenvalue weighted by Crippen LogP contribution is 2.47. The van der Waals surface area contributed by atoms with E-state index in [9.17, 15) is 23.5 Å². The predicted octanol–water partition coefficient (Wildman–Crippen LogP) is 27.7. The number of carbonyl (C=O) groups is 3. The van der Waals surface area contributed by atoms with E-state index < -0.39 is 14.7 Å². The van der Waals surface area contributed by atoms with Gasteiger partial charge in [0.2, 0.25) is 14.7 Å². The van der Waals surface area contributed by atoms with Gasteiger partial charge in [0.05, 0.1) is 37.5 Å². The Hall–Kier alpha value is -10.2. The average Bonchev–Trinajstić information content (AvgIpc) is 0.864. The van der Waals surface area contributed by atoms with Gasteiger partial charge in [-0.3, -0.25) is 23.5 Å². The van der Waals surface area contributed by atoms with Crippen LogP contribution in [0.5, 0.6) is 0 Å². The smallest absolute Gasteiger partial charge is 0.204 e. The van der Waals surface area contributed by atoms with Crippen molar-refractivity contribution in [2.24, 2.45) is 27.1 Å². The van der Waals surface area contributed by atoms with E-state index in [2.05, 4.69) is 150 Å². The van der Waals surface area contributed by atoms with E-state index in [1.807, 2.05) is 224 Å².